The Balaban J connectivity index is 1.17. The smallest absolute Gasteiger partial charge is 0.418 e. The summed E-state index contributed by atoms with van der Waals surface area (Å²) in [7, 11) is -5.03. The van der Waals surface area contributed by atoms with E-state index in [0.29, 0.717) is 28.5 Å². The minimum Gasteiger partial charge on any atom is -0.485 e. The number of benzene rings is 1. The molecule has 276 valence electrons. The molecule has 2 saturated heterocycles. The fourth-order valence-corrected chi connectivity index (χ4v) is 7.78. The maximum absolute atomic E-state index is 13.5. The SMILES string of the molecule is CC(ON=C(C(=O)NC1C(=O)N(OS(=O)(=O)O)C1(C)C)c1csc(N)n1)(C(=O)O)C1CCc2cc(C(N)=NC3CCC4(CC3)CNC4)ccc2O1. The van der Waals surface area contributed by atoms with E-state index in [2.05, 4.69) is 25.1 Å². The van der Waals surface area contributed by atoms with Crippen LogP contribution in [-0.4, -0.2) is 99.9 Å². The van der Waals surface area contributed by atoms with E-state index < -0.39 is 57.2 Å². The number of aryl methyl sites for hydroxylation is 1. The maximum atomic E-state index is 13.5. The summed E-state index contributed by atoms with van der Waals surface area (Å²) in [5.41, 5.74) is 10.1. The van der Waals surface area contributed by atoms with Gasteiger partial charge in [-0.15, -0.1) is 15.6 Å². The van der Waals surface area contributed by atoms with Crippen molar-refractivity contribution in [2.24, 2.45) is 21.3 Å². The average molecular weight is 749 g/mol. The van der Waals surface area contributed by atoms with Gasteiger partial charge in [-0.1, -0.05) is 5.16 Å². The third kappa shape index (κ3) is 7.23. The number of carbonyl (C=O) groups is 3. The van der Waals surface area contributed by atoms with E-state index in [1.165, 1.54) is 26.2 Å². The van der Waals surface area contributed by atoms with Crippen LogP contribution in [0.1, 0.15) is 69.7 Å². The fraction of sp³-hybridized carbons (Fsp3) is 0.548. The number of carbonyl (C=O) groups excluding carboxylic acids is 2. The molecule has 1 aromatic carbocycles. The van der Waals surface area contributed by atoms with Crippen molar-refractivity contribution in [3.63, 3.8) is 0 Å². The predicted octanol–water partition coefficient (Wildman–Crippen LogP) is 0.761. The van der Waals surface area contributed by atoms with Gasteiger partial charge in [0.1, 0.15) is 23.3 Å². The van der Waals surface area contributed by atoms with Crippen molar-refractivity contribution in [1.29, 1.82) is 0 Å². The van der Waals surface area contributed by atoms with Crippen LogP contribution < -0.4 is 26.8 Å². The summed E-state index contributed by atoms with van der Waals surface area (Å²) in [6.07, 6.45) is 3.83. The van der Waals surface area contributed by atoms with Gasteiger partial charge in [-0.3, -0.25) is 19.1 Å². The van der Waals surface area contributed by atoms with Crippen molar-refractivity contribution in [2.45, 2.75) is 88.6 Å². The van der Waals surface area contributed by atoms with Crippen LogP contribution in [0.3, 0.4) is 0 Å². The topological polar surface area (TPSA) is 270 Å². The number of fused-ring (bicyclic) bond motifs is 1. The lowest BCUT2D eigenvalue weighted by Crippen LogP contribution is -2.76. The number of amides is 2. The van der Waals surface area contributed by atoms with E-state index in [0.717, 1.165) is 61.2 Å². The summed E-state index contributed by atoms with van der Waals surface area (Å²) < 4.78 is 41.9. The molecule has 0 radical (unpaired) electrons. The number of hydroxylamine groups is 2. The number of rotatable bonds is 11. The molecule has 3 atom stereocenters. The second-order valence-corrected chi connectivity index (χ2v) is 15.9. The molecule has 51 heavy (non-hydrogen) atoms. The number of nitrogens with zero attached hydrogens (tertiary/aromatic N) is 4. The standard InChI is InChI=1S/C31H40N8O10S2/c1-29(2)23(26(41)39(29)49-51(44,45)46)37-25(40)22(19-13-50-28(33)36-19)38-48-30(3,27(42)43)21-7-5-16-12-17(4-6-20(16)47-21)24(32)35-18-8-10-31(11-9-18)14-34-15-31/h4,6,12-13,18,21,23,34H,5,7-11,14-15H2,1-3H3,(H2,32,35)(H2,33,36)(H,37,40)(H,42,43)(H,44,45,46). The number of ether oxygens (including phenoxy) is 1. The zero-order chi connectivity index (χ0) is 36.9. The number of aliphatic carboxylic acids is 1. The number of carboxylic acids is 1. The molecule has 0 bridgehead atoms. The highest BCUT2D eigenvalue weighted by molar-refractivity contribution is 7.80. The zero-order valence-corrected chi connectivity index (χ0v) is 29.8. The Labute approximate surface area is 297 Å². The first-order valence-corrected chi connectivity index (χ1v) is 18.5. The molecule has 1 saturated carbocycles. The second-order valence-electron chi connectivity index (χ2n) is 14.0. The number of aromatic nitrogens is 1. The summed E-state index contributed by atoms with van der Waals surface area (Å²) in [5.74, 6) is -2.54. The van der Waals surface area contributed by atoms with Gasteiger partial charge in [0.2, 0.25) is 0 Å². The van der Waals surface area contributed by atoms with Crippen LogP contribution in [0.5, 0.6) is 5.75 Å². The van der Waals surface area contributed by atoms with E-state index >= 15 is 0 Å². The third-order valence-corrected chi connectivity index (χ3v) is 11.1. The van der Waals surface area contributed by atoms with Gasteiger partial charge in [-0.25, -0.2) is 9.78 Å². The summed E-state index contributed by atoms with van der Waals surface area (Å²) in [6, 6.07) is 4.22. The average Bonchev–Trinajstić information content (AvgIpc) is 3.50. The Morgan fingerprint density at radius 1 is 1.24 bits per heavy atom. The molecular weight excluding hydrogens is 709 g/mol. The Kier molecular flexibility index (Phi) is 9.51. The number of nitrogens with one attached hydrogen (secondary N) is 2. The highest BCUT2D eigenvalue weighted by Gasteiger charge is 2.58. The highest BCUT2D eigenvalue weighted by Crippen LogP contribution is 2.40. The molecule has 20 heteroatoms. The molecule has 4 aliphatic rings. The quantitative estimate of drug-likeness (QED) is 0.0609. The molecule has 1 spiro atoms. The van der Waals surface area contributed by atoms with Crippen molar-refractivity contribution < 1.29 is 46.3 Å². The summed E-state index contributed by atoms with van der Waals surface area (Å²) in [5, 5.41) is 21.9. The van der Waals surface area contributed by atoms with Gasteiger partial charge in [-0.2, -0.15) is 13.5 Å². The number of carboxylic acid groups (broad SMARTS) is 1. The van der Waals surface area contributed by atoms with Crippen molar-refractivity contribution in [3.8, 4) is 5.75 Å². The van der Waals surface area contributed by atoms with Crippen LogP contribution in [-0.2, 0) is 40.3 Å². The third-order valence-electron chi connectivity index (χ3n) is 10.1. The van der Waals surface area contributed by atoms with Crippen LogP contribution in [0.2, 0.25) is 0 Å². The molecular formula is C31H40N8O10S2. The Hall–Kier alpha value is -4.37. The number of β-lactam (4-membered cyclic amide) rings is 1. The minimum absolute atomic E-state index is 0.0647. The minimum atomic E-state index is -5.03. The normalized spacial score (nSPS) is 24.4. The van der Waals surface area contributed by atoms with Crippen LogP contribution in [0, 0.1) is 5.41 Å². The van der Waals surface area contributed by atoms with E-state index in [9.17, 15) is 27.9 Å². The van der Waals surface area contributed by atoms with Crippen molar-refractivity contribution in [2.75, 3.05) is 18.8 Å². The van der Waals surface area contributed by atoms with Gasteiger partial charge >= 0.3 is 16.4 Å². The first kappa shape index (κ1) is 36.4. The molecule has 3 aliphatic heterocycles. The molecule has 18 nitrogen and oxygen atoms in total. The van der Waals surface area contributed by atoms with Crippen molar-refractivity contribution in [3.05, 3.63) is 40.4 Å². The van der Waals surface area contributed by atoms with Crippen molar-refractivity contribution >= 4 is 56.2 Å². The van der Waals surface area contributed by atoms with Gasteiger partial charge in [-0.05, 0) is 88.5 Å². The Morgan fingerprint density at radius 2 is 1.94 bits per heavy atom. The lowest BCUT2D eigenvalue weighted by molar-refractivity contribution is -0.218. The van der Waals surface area contributed by atoms with Gasteiger partial charge in [0.05, 0.1) is 11.6 Å². The fourth-order valence-electron chi connectivity index (χ4n) is 6.78. The van der Waals surface area contributed by atoms with Gasteiger partial charge in [0.25, 0.3) is 17.4 Å². The number of oxime groups is 1. The van der Waals surface area contributed by atoms with Crippen LogP contribution in [0.25, 0.3) is 0 Å². The summed E-state index contributed by atoms with van der Waals surface area (Å²) in [6.45, 7) is 6.15. The van der Waals surface area contributed by atoms with E-state index in [1.54, 1.807) is 12.1 Å². The number of amidine groups is 1. The molecule has 2 aromatic rings. The second kappa shape index (κ2) is 13.3. The first-order valence-electron chi connectivity index (χ1n) is 16.3. The molecule has 3 fully saturated rings. The van der Waals surface area contributed by atoms with E-state index in [4.69, 9.17) is 30.6 Å². The van der Waals surface area contributed by atoms with Gasteiger partial charge < -0.3 is 36.8 Å². The number of nitrogens with two attached hydrogens (primary N) is 2. The molecule has 1 aromatic heterocycles. The highest BCUT2D eigenvalue weighted by atomic mass is 32.3. The molecule has 3 unspecified atom stereocenters. The van der Waals surface area contributed by atoms with Crippen LogP contribution in [0.15, 0.2) is 33.7 Å². The Morgan fingerprint density at radius 3 is 2.51 bits per heavy atom. The van der Waals surface area contributed by atoms with Crippen LogP contribution in [0.4, 0.5) is 5.13 Å². The lowest BCUT2D eigenvalue weighted by Gasteiger charge is -2.50. The molecule has 4 heterocycles. The largest absolute Gasteiger partial charge is 0.485 e. The summed E-state index contributed by atoms with van der Waals surface area (Å²) in [4.78, 5) is 53.3. The molecule has 6 rings (SSSR count). The number of thiazole rings is 1. The molecule has 2 amide bonds. The molecule has 8 N–H and O–H groups in total. The van der Waals surface area contributed by atoms with Crippen molar-refractivity contribution in [1.82, 2.24) is 20.7 Å². The summed E-state index contributed by atoms with van der Waals surface area (Å²) >= 11 is 0.972. The van der Waals surface area contributed by atoms with Crippen LogP contribution >= 0.6 is 11.3 Å². The number of hydrogen-bond donors (Lipinski definition) is 6. The first-order chi connectivity index (χ1) is 23.9. The van der Waals surface area contributed by atoms with E-state index in [1.807, 2.05) is 6.07 Å². The number of aliphatic imine (C=N–C) groups is 1. The monoisotopic (exact) mass is 748 g/mol. The zero-order valence-electron chi connectivity index (χ0n) is 28.1. The maximum Gasteiger partial charge on any atom is 0.418 e. The lowest BCUT2D eigenvalue weighted by atomic mass is 9.69. The van der Waals surface area contributed by atoms with Gasteiger partial charge in [0.15, 0.2) is 16.9 Å². The molecule has 1 aliphatic carbocycles. The van der Waals surface area contributed by atoms with Gasteiger partial charge in [0, 0.05) is 24.0 Å². The Bertz CT molecular complexity index is 1900. The van der Waals surface area contributed by atoms with E-state index in [-0.39, 0.29) is 23.3 Å². The number of anilines is 1. The number of nitrogen functional groups attached to an aromatic ring is 1. The predicted molar refractivity (Wildman–Crippen MR) is 183 cm³/mol. The number of hydrogen-bond acceptors (Lipinski definition) is 14.